The molecule has 1 heterocycles. The predicted octanol–water partition coefficient (Wildman–Crippen LogP) is 4.14. The Morgan fingerprint density at radius 2 is 1.73 bits per heavy atom. The van der Waals surface area contributed by atoms with Crippen LogP contribution in [-0.4, -0.2) is 33.2 Å². The molecule has 3 rings (SSSR count). The van der Waals surface area contributed by atoms with Crippen molar-refractivity contribution in [2.24, 2.45) is 0 Å². The quantitative estimate of drug-likeness (QED) is 0.825. The van der Waals surface area contributed by atoms with Gasteiger partial charge in [-0.1, -0.05) is 23.7 Å². The SMILES string of the molecule is COc1cc(NC(=O)Cc2ccc(N3CCCC3)cc2)c(OC)cc1Cl. The average Bonchev–Trinajstić information content (AvgIpc) is 3.18. The van der Waals surface area contributed by atoms with E-state index in [0.717, 1.165) is 18.7 Å². The molecule has 1 aliphatic rings. The second-order valence-electron chi connectivity index (χ2n) is 6.27. The molecule has 5 nitrogen and oxygen atoms in total. The van der Waals surface area contributed by atoms with Gasteiger partial charge < -0.3 is 19.7 Å². The van der Waals surface area contributed by atoms with Gasteiger partial charge in [0, 0.05) is 30.9 Å². The number of hydrogen-bond donors (Lipinski definition) is 1. The van der Waals surface area contributed by atoms with Crippen LogP contribution in [0.2, 0.25) is 5.02 Å². The maximum absolute atomic E-state index is 12.4. The highest BCUT2D eigenvalue weighted by molar-refractivity contribution is 6.32. The summed E-state index contributed by atoms with van der Waals surface area (Å²) in [5, 5.41) is 3.30. The van der Waals surface area contributed by atoms with Gasteiger partial charge in [-0.05, 0) is 30.5 Å². The molecule has 0 aliphatic carbocycles. The van der Waals surface area contributed by atoms with Gasteiger partial charge in [0.25, 0.3) is 0 Å². The molecule has 138 valence electrons. The van der Waals surface area contributed by atoms with Gasteiger partial charge in [-0.25, -0.2) is 0 Å². The molecule has 1 aliphatic heterocycles. The van der Waals surface area contributed by atoms with Gasteiger partial charge in [-0.3, -0.25) is 4.79 Å². The number of carbonyl (C=O) groups excluding carboxylic acids is 1. The van der Waals surface area contributed by atoms with Crippen LogP contribution < -0.4 is 19.7 Å². The smallest absolute Gasteiger partial charge is 0.228 e. The van der Waals surface area contributed by atoms with Crippen LogP contribution in [0.25, 0.3) is 0 Å². The Hall–Kier alpha value is -2.40. The highest BCUT2D eigenvalue weighted by atomic mass is 35.5. The average molecular weight is 375 g/mol. The van der Waals surface area contributed by atoms with E-state index >= 15 is 0 Å². The molecule has 0 bridgehead atoms. The minimum atomic E-state index is -0.124. The van der Waals surface area contributed by atoms with Crippen molar-refractivity contribution in [2.45, 2.75) is 19.3 Å². The van der Waals surface area contributed by atoms with E-state index in [2.05, 4.69) is 22.3 Å². The molecular weight excluding hydrogens is 352 g/mol. The molecule has 0 unspecified atom stereocenters. The molecule has 0 saturated carbocycles. The Morgan fingerprint density at radius 3 is 2.35 bits per heavy atom. The van der Waals surface area contributed by atoms with Crippen molar-refractivity contribution in [3.8, 4) is 11.5 Å². The summed E-state index contributed by atoms with van der Waals surface area (Å²) in [6.45, 7) is 2.22. The van der Waals surface area contributed by atoms with Crippen molar-refractivity contribution in [3.63, 3.8) is 0 Å². The van der Waals surface area contributed by atoms with E-state index in [1.54, 1.807) is 12.1 Å². The Morgan fingerprint density at radius 1 is 1.08 bits per heavy atom. The van der Waals surface area contributed by atoms with Crippen molar-refractivity contribution in [1.29, 1.82) is 0 Å². The molecule has 1 amide bonds. The topological polar surface area (TPSA) is 50.8 Å². The Balaban J connectivity index is 1.67. The first-order valence-corrected chi connectivity index (χ1v) is 9.04. The van der Waals surface area contributed by atoms with Gasteiger partial charge in [0.1, 0.15) is 11.5 Å². The zero-order valence-corrected chi connectivity index (χ0v) is 15.8. The molecule has 1 saturated heterocycles. The molecule has 26 heavy (non-hydrogen) atoms. The van der Waals surface area contributed by atoms with Crippen LogP contribution in [0, 0.1) is 0 Å². The fourth-order valence-electron chi connectivity index (χ4n) is 3.14. The van der Waals surface area contributed by atoms with Crippen LogP contribution >= 0.6 is 11.6 Å². The summed E-state index contributed by atoms with van der Waals surface area (Å²) in [7, 11) is 3.06. The first-order valence-electron chi connectivity index (χ1n) is 8.66. The summed E-state index contributed by atoms with van der Waals surface area (Å²) in [5.74, 6) is 0.855. The normalized spacial score (nSPS) is 13.6. The van der Waals surface area contributed by atoms with E-state index in [-0.39, 0.29) is 12.3 Å². The maximum atomic E-state index is 12.4. The second kappa shape index (κ2) is 8.32. The molecule has 0 spiro atoms. The maximum Gasteiger partial charge on any atom is 0.228 e. The number of methoxy groups -OCH3 is 2. The first-order chi connectivity index (χ1) is 12.6. The third-order valence-electron chi connectivity index (χ3n) is 4.52. The highest BCUT2D eigenvalue weighted by Gasteiger charge is 2.14. The Bertz CT molecular complexity index is 771. The monoisotopic (exact) mass is 374 g/mol. The Labute approximate surface area is 158 Å². The highest BCUT2D eigenvalue weighted by Crippen LogP contribution is 2.35. The number of nitrogens with one attached hydrogen (secondary N) is 1. The summed E-state index contributed by atoms with van der Waals surface area (Å²) in [4.78, 5) is 14.8. The van der Waals surface area contributed by atoms with Crippen molar-refractivity contribution in [3.05, 3.63) is 47.0 Å². The van der Waals surface area contributed by atoms with Gasteiger partial charge in [0.2, 0.25) is 5.91 Å². The van der Waals surface area contributed by atoms with E-state index in [1.165, 1.54) is 32.7 Å². The number of carbonyl (C=O) groups is 1. The molecular formula is C20H23ClN2O3. The van der Waals surface area contributed by atoms with Gasteiger partial charge in [0.15, 0.2) is 0 Å². The number of nitrogens with zero attached hydrogens (tertiary/aromatic N) is 1. The molecule has 2 aromatic carbocycles. The number of amides is 1. The number of halogens is 1. The van der Waals surface area contributed by atoms with Crippen molar-refractivity contribution < 1.29 is 14.3 Å². The largest absolute Gasteiger partial charge is 0.495 e. The number of hydrogen-bond acceptors (Lipinski definition) is 4. The lowest BCUT2D eigenvalue weighted by atomic mass is 10.1. The molecule has 2 aromatic rings. The van der Waals surface area contributed by atoms with E-state index in [9.17, 15) is 4.79 Å². The lowest BCUT2D eigenvalue weighted by Gasteiger charge is -2.17. The number of ether oxygens (including phenoxy) is 2. The van der Waals surface area contributed by atoms with Gasteiger partial charge in [-0.2, -0.15) is 0 Å². The molecule has 1 fully saturated rings. The van der Waals surface area contributed by atoms with Crippen LogP contribution in [0.1, 0.15) is 18.4 Å². The summed E-state index contributed by atoms with van der Waals surface area (Å²) in [6.07, 6.45) is 2.78. The summed E-state index contributed by atoms with van der Waals surface area (Å²) in [5.41, 5.74) is 2.72. The lowest BCUT2D eigenvalue weighted by molar-refractivity contribution is -0.115. The fourth-order valence-corrected chi connectivity index (χ4v) is 3.37. The summed E-state index contributed by atoms with van der Waals surface area (Å²) in [6, 6.07) is 11.5. The van der Waals surface area contributed by atoms with Crippen molar-refractivity contribution in [2.75, 3.05) is 37.5 Å². The lowest BCUT2D eigenvalue weighted by Crippen LogP contribution is -2.18. The number of anilines is 2. The van der Waals surface area contributed by atoms with Gasteiger partial charge >= 0.3 is 0 Å². The van der Waals surface area contributed by atoms with Crippen LogP contribution in [0.15, 0.2) is 36.4 Å². The Kier molecular flexibility index (Phi) is 5.89. The van der Waals surface area contributed by atoms with Crippen molar-refractivity contribution >= 4 is 28.9 Å². The fraction of sp³-hybridized carbons (Fsp3) is 0.350. The minimum absolute atomic E-state index is 0.124. The van der Waals surface area contributed by atoms with Gasteiger partial charge in [0.05, 0.1) is 31.4 Å². The van der Waals surface area contributed by atoms with E-state index < -0.39 is 0 Å². The first kappa shape index (κ1) is 18.4. The minimum Gasteiger partial charge on any atom is -0.495 e. The molecule has 0 radical (unpaired) electrons. The molecule has 0 aromatic heterocycles. The van der Waals surface area contributed by atoms with Crippen LogP contribution in [-0.2, 0) is 11.2 Å². The zero-order chi connectivity index (χ0) is 18.5. The third-order valence-corrected chi connectivity index (χ3v) is 4.82. The van der Waals surface area contributed by atoms with Gasteiger partial charge in [-0.15, -0.1) is 0 Å². The summed E-state index contributed by atoms with van der Waals surface area (Å²) < 4.78 is 10.5. The van der Waals surface area contributed by atoms with E-state index in [1.807, 2.05) is 12.1 Å². The van der Waals surface area contributed by atoms with E-state index in [4.69, 9.17) is 21.1 Å². The molecule has 0 atom stereocenters. The molecule has 6 heteroatoms. The summed E-state index contributed by atoms with van der Waals surface area (Å²) >= 11 is 6.09. The zero-order valence-electron chi connectivity index (χ0n) is 15.0. The van der Waals surface area contributed by atoms with Crippen molar-refractivity contribution in [1.82, 2.24) is 0 Å². The number of rotatable bonds is 6. The van der Waals surface area contributed by atoms with Crippen LogP contribution in [0.5, 0.6) is 11.5 Å². The van der Waals surface area contributed by atoms with E-state index in [0.29, 0.717) is 22.2 Å². The third kappa shape index (κ3) is 4.22. The standard InChI is InChI=1S/C20H23ClN2O3/c1-25-18-13-17(19(26-2)12-16(18)21)22-20(24)11-14-5-7-15(8-6-14)23-9-3-4-10-23/h5-8,12-13H,3-4,9-11H2,1-2H3,(H,22,24). The number of benzene rings is 2. The van der Waals surface area contributed by atoms with Crippen LogP contribution in [0.3, 0.4) is 0 Å². The molecule has 1 N–H and O–H groups in total. The van der Waals surface area contributed by atoms with Crippen LogP contribution in [0.4, 0.5) is 11.4 Å². The second-order valence-corrected chi connectivity index (χ2v) is 6.68. The predicted molar refractivity (Wildman–Crippen MR) is 105 cm³/mol.